The van der Waals surface area contributed by atoms with E-state index in [1.165, 1.54) is 28.0 Å². The fourth-order valence-electron chi connectivity index (χ4n) is 2.82. The predicted molar refractivity (Wildman–Crippen MR) is 130 cm³/mol. The predicted octanol–water partition coefficient (Wildman–Crippen LogP) is 6.02. The van der Waals surface area contributed by atoms with Crippen molar-refractivity contribution in [2.24, 2.45) is 10.7 Å². The lowest BCUT2D eigenvalue weighted by atomic mass is 9.90. The van der Waals surface area contributed by atoms with Gasteiger partial charge in [0.25, 0.3) is 0 Å². The molecule has 1 aromatic heterocycles. The van der Waals surface area contributed by atoms with Crippen LogP contribution in [0.4, 0.5) is 5.69 Å². The van der Waals surface area contributed by atoms with Crippen molar-refractivity contribution in [3.63, 3.8) is 0 Å². The lowest BCUT2D eigenvalue weighted by Crippen LogP contribution is -2.24. The molecule has 0 bridgehead atoms. The molecule has 0 atom stereocenters. The fraction of sp³-hybridized carbons (Fsp3) is 0.545. The standard InChI is InChI=1S/C16H27N3.C6H9NOS2/c1-7-18-16(17)19-15-13(10(2)3)8-12(6)9-14(15)11(4)5;1-6(2,8)4-3-7-5(9)10-4/h8-11H,7H2,1-6H3,(H3,17,18,19);3,8H,1-2H3,(H,7,9). The van der Waals surface area contributed by atoms with Gasteiger partial charge < -0.3 is 21.1 Å². The number of hydrogen-bond acceptors (Lipinski definition) is 4. The summed E-state index contributed by atoms with van der Waals surface area (Å²) in [5.74, 6) is 1.40. The van der Waals surface area contributed by atoms with Gasteiger partial charge in [-0.1, -0.05) is 45.4 Å². The van der Waals surface area contributed by atoms with Gasteiger partial charge in [0.15, 0.2) is 9.91 Å². The van der Waals surface area contributed by atoms with Crippen LogP contribution in [0.5, 0.6) is 0 Å². The quantitative estimate of drug-likeness (QED) is 0.262. The largest absolute Gasteiger partial charge is 0.385 e. The number of hydrogen-bond donors (Lipinski definition) is 4. The monoisotopic (exact) mass is 436 g/mol. The van der Waals surface area contributed by atoms with Gasteiger partial charge in [-0.05, 0) is 62.9 Å². The number of nitrogens with zero attached hydrogens (tertiary/aromatic N) is 1. The maximum atomic E-state index is 9.45. The van der Waals surface area contributed by atoms with Gasteiger partial charge in [0.05, 0.1) is 10.5 Å². The first-order valence-electron chi connectivity index (χ1n) is 9.99. The Morgan fingerprint density at radius 1 is 1.24 bits per heavy atom. The van der Waals surface area contributed by atoms with Crippen LogP contribution in [0, 0.1) is 10.9 Å². The molecule has 0 aliphatic rings. The van der Waals surface area contributed by atoms with Crippen LogP contribution < -0.4 is 11.1 Å². The van der Waals surface area contributed by atoms with Gasteiger partial charge >= 0.3 is 0 Å². The third-order valence-corrected chi connectivity index (χ3v) is 5.80. The Bertz CT molecular complexity index is 844. The van der Waals surface area contributed by atoms with Crippen LogP contribution in [0.3, 0.4) is 0 Å². The first kappa shape index (κ1) is 25.3. The van der Waals surface area contributed by atoms with Gasteiger partial charge in [0, 0.05) is 18.4 Å². The minimum absolute atomic E-state index is 0.453. The lowest BCUT2D eigenvalue weighted by Gasteiger charge is -2.21. The molecule has 0 aliphatic heterocycles. The Morgan fingerprint density at radius 2 is 1.76 bits per heavy atom. The minimum atomic E-state index is -0.766. The number of aromatic nitrogens is 1. The molecule has 0 amide bonds. The van der Waals surface area contributed by atoms with Crippen LogP contribution in [0.1, 0.15) is 81.9 Å². The number of aliphatic imine (C=N–C) groups is 1. The molecule has 2 rings (SSSR count). The number of H-pyrrole nitrogens is 1. The molecule has 5 nitrogen and oxygen atoms in total. The molecule has 0 fully saturated rings. The molecule has 0 radical (unpaired) electrons. The van der Waals surface area contributed by atoms with E-state index < -0.39 is 5.60 Å². The summed E-state index contributed by atoms with van der Waals surface area (Å²) in [6, 6.07) is 4.47. The topological polar surface area (TPSA) is 86.4 Å². The summed E-state index contributed by atoms with van der Waals surface area (Å²) in [6.07, 6.45) is 1.74. The molecule has 0 spiro atoms. The number of benzene rings is 1. The second kappa shape index (κ2) is 10.9. The smallest absolute Gasteiger partial charge is 0.193 e. The van der Waals surface area contributed by atoms with Crippen LogP contribution >= 0.6 is 23.6 Å². The SMILES string of the molecule is CC(C)(O)c1c[nH]c(=S)s1.CCN=C(N)Nc1c(C(C)C)cc(C)cc1C(C)C. The number of rotatable bonds is 5. The highest BCUT2D eigenvalue weighted by Crippen LogP contribution is 2.33. The van der Waals surface area contributed by atoms with Crippen molar-refractivity contribution in [2.45, 2.75) is 72.8 Å². The molecule has 0 saturated carbocycles. The number of aliphatic hydroxyl groups is 1. The molecule has 5 N–H and O–H groups in total. The van der Waals surface area contributed by atoms with Crippen molar-refractivity contribution in [2.75, 3.05) is 11.9 Å². The average molecular weight is 437 g/mol. The van der Waals surface area contributed by atoms with E-state index >= 15 is 0 Å². The molecule has 0 saturated heterocycles. The van der Waals surface area contributed by atoms with Gasteiger partial charge in [-0.2, -0.15) is 0 Å². The summed E-state index contributed by atoms with van der Waals surface area (Å²) in [7, 11) is 0. The van der Waals surface area contributed by atoms with Crippen LogP contribution in [0.15, 0.2) is 23.3 Å². The van der Waals surface area contributed by atoms with Crippen molar-refractivity contribution in [3.8, 4) is 0 Å². The summed E-state index contributed by atoms with van der Waals surface area (Å²) in [6.45, 7) is 17.1. The van der Waals surface area contributed by atoms with E-state index in [1.807, 2.05) is 6.92 Å². The highest BCUT2D eigenvalue weighted by atomic mass is 32.1. The third-order valence-electron chi connectivity index (χ3n) is 4.30. The summed E-state index contributed by atoms with van der Waals surface area (Å²) >= 11 is 6.26. The van der Waals surface area contributed by atoms with Gasteiger partial charge in [-0.3, -0.25) is 4.99 Å². The number of anilines is 1. The summed E-state index contributed by atoms with van der Waals surface area (Å²) < 4.78 is 0.706. The number of nitrogens with two attached hydrogens (primary N) is 1. The number of thiazole rings is 1. The average Bonchev–Trinajstić information content (AvgIpc) is 3.03. The number of aromatic amines is 1. The van der Waals surface area contributed by atoms with E-state index in [0.717, 1.165) is 10.6 Å². The van der Waals surface area contributed by atoms with Gasteiger partial charge in [-0.15, -0.1) is 11.3 Å². The Kier molecular flexibility index (Phi) is 9.52. The van der Waals surface area contributed by atoms with Crippen LogP contribution in [0.25, 0.3) is 0 Å². The molecule has 2 aromatic rings. The van der Waals surface area contributed by atoms with Crippen LogP contribution in [0.2, 0.25) is 0 Å². The lowest BCUT2D eigenvalue weighted by molar-refractivity contribution is 0.0823. The van der Waals surface area contributed by atoms with E-state index in [2.05, 4.69) is 62.0 Å². The first-order valence-corrected chi connectivity index (χ1v) is 11.2. The molecule has 29 heavy (non-hydrogen) atoms. The van der Waals surface area contributed by atoms with Gasteiger partial charge in [0.2, 0.25) is 0 Å². The highest BCUT2D eigenvalue weighted by Gasteiger charge is 2.17. The van der Waals surface area contributed by atoms with E-state index in [9.17, 15) is 5.11 Å². The zero-order valence-electron chi connectivity index (χ0n) is 18.9. The van der Waals surface area contributed by atoms with E-state index in [1.54, 1.807) is 20.0 Å². The Morgan fingerprint density at radius 3 is 2.07 bits per heavy atom. The maximum Gasteiger partial charge on any atom is 0.193 e. The van der Waals surface area contributed by atoms with E-state index in [-0.39, 0.29) is 0 Å². The van der Waals surface area contributed by atoms with Crippen molar-refractivity contribution in [3.05, 3.63) is 43.9 Å². The third kappa shape index (κ3) is 7.91. The Hall–Kier alpha value is -1.70. The van der Waals surface area contributed by atoms with Gasteiger partial charge in [0.1, 0.15) is 0 Å². The molecular formula is C22H36N4OS2. The van der Waals surface area contributed by atoms with Crippen LogP contribution in [-0.2, 0) is 5.60 Å². The number of guanidine groups is 1. The summed E-state index contributed by atoms with van der Waals surface area (Å²) in [4.78, 5) is 7.95. The normalized spacial score (nSPS) is 12.2. The molecule has 0 aliphatic carbocycles. The summed E-state index contributed by atoms with van der Waals surface area (Å²) in [5.41, 5.74) is 10.2. The van der Waals surface area contributed by atoms with Crippen molar-refractivity contribution < 1.29 is 5.11 Å². The Labute approximate surface area is 184 Å². The molecule has 7 heteroatoms. The Balaban J connectivity index is 0.000000352. The van der Waals surface area contributed by atoms with Crippen molar-refractivity contribution in [1.29, 1.82) is 0 Å². The number of nitrogens with one attached hydrogen (secondary N) is 2. The zero-order chi connectivity index (χ0) is 22.4. The van der Waals surface area contributed by atoms with Crippen molar-refractivity contribution in [1.82, 2.24) is 4.98 Å². The zero-order valence-corrected chi connectivity index (χ0v) is 20.5. The number of aryl methyl sites for hydroxylation is 1. The van der Waals surface area contributed by atoms with Gasteiger partial charge in [-0.25, -0.2) is 0 Å². The maximum absolute atomic E-state index is 9.45. The summed E-state index contributed by atoms with van der Waals surface area (Å²) in [5, 5.41) is 12.7. The van der Waals surface area contributed by atoms with E-state index in [0.29, 0.717) is 28.3 Å². The molecule has 162 valence electrons. The van der Waals surface area contributed by atoms with Crippen molar-refractivity contribution >= 4 is 35.2 Å². The van der Waals surface area contributed by atoms with E-state index in [4.69, 9.17) is 18.0 Å². The molecular weight excluding hydrogens is 400 g/mol. The highest BCUT2D eigenvalue weighted by molar-refractivity contribution is 7.73. The molecule has 1 heterocycles. The fourth-order valence-corrected chi connectivity index (χ4v) is 3.83. The molecule has 0 unspecified atom stereocenters. The second-order valence-electron chi connectivity index (χ2n) is 8.21. The first-order chi connectivity index (χ1) is 13.4. The second-order valence-corrected chi connectivity index (χ2v) is 9.93. The van der Waals surface area contributed by atoms with Crippen LogP contribution in [-0.4, -0.2) is 22.6 Å². The minimum Gasteiger partial charge on any atom is -0.385 e. The molecule has 1 aromatic carbocycles.